The third-order valence-corrected chi connectivity index (χ3v) is 9.40. The molecule has 0 amide bonds. The minimum Gasteiger partial charge on any atom is -0.381 e. The van der Waals surface area contributed by atoms with Crippen LogP contribution in [-0.2, 0) is 11.3 Å². The number of fused-ring (bicyclic) bond motifs is 1. The lowest BCUT2D eigenvalue weighted by atomic mass is 9.91. The molecule has 2 aliphatic heterocycles. The van der Waals surface area contributed by atoms with Gasteiger partial charge in [-0.25, -0.2) is 9.97 Å². The number of likely N-dealkylation sites (N-methyl/N-ethyl adjacent to an activating group) is 1. The van der Waals surface area contributed by atoms with E-state index in [1.807, 2.05) is 24.6 Å². The summed E-state index contributed by atoms with van der Waals surface area (Å²) >= 11 is 1.52. The summed E-state index contributed by atoms with van der Waals surface area (Å²) in [6.45, 7) is 6.08. The SMILES string of the molecule is Cc1cc(C2CCOC2)ncc1-c1cc2cnc(Nc3ccc(C4CCCN(C)C4)cc3)nc2n(Cc2nccs2)c1=O. The summed E-state index contributed by atoms with van der Waals surface area (Å²) in [6.07, 6.45) is 8.79. The average Bonchev–Trinajstić information content (AvgIpc) is 3.75. The Morgan fingerprint density at radius 1 is 1.05 bits per heavy atom. The Morgan fingerprint density at radius 2 is 1.93 bits per heavy atom. The van der Waals surface area contributed by atoms with Crippen LogP contribution in [0.15, 0.2) is 65.2 Å². The first kappa shape index (κ1) is 27.8. The van der Waals surface area contributed by atoms with Crippen molar-refractivity contribution in [1.82, 2.24) is 29.4 Å². The van der Waals surface area contributed by atoms with Gasteiger partial charge in [-0.05, 0) is 81.1 Å². The summed E-state index contributed by atoms with van der Waals surface area (Å²) in [6, 6.07) is 12.5. The first-order valence-corrected chi connectivity index (χ1v) is 15.8. The Bertz CT molecular complexity index is 1800. The maximum absolute atomic E-state index is 14.1. The molecule has 5 aromatic rings. The Morgan fingerprint density at radius 3 is 2.67 bits per heavy atom. The van der Waals surface area contributed by atoms with Crippen LogP contribution in [0.5, 0.6) is 0 Å². The van der Waals surface area contributed by atoms with E-state index in [0.717, 1.165) is 52.5 Å². The largest absolute Gasteiger partial charge is 0.381 e. The molecule has 0 aliphatic carbocycles. The summed E-state index contributed by atoms with van der Waals surface area (Å²) < 4.78 is 7.27. The number of aryl methyl sites for hydroxylation is 1. The number of aromatic nitrogens is 5. The van der Waals surface area contributed by atoms with Gasteiger partial charge in [0, 0.05) is 70.9 Å². The van der Waals surface area contributed by atoms with Crippen LogP contribution in [0.2, 0.25) is 0 Å². The molecular formula is C33H35N7O2S. The number of pyridine rings is 2. The molecule has 2 saturated heterocycles. The quantitative estimate of drug-likeness (QED) is 0.256. The van der Waals surface area contributed by atoms with Crippen LogP contribution < -0.4 is 10.9 Å². The number of anilines is 2. The molecule has 1 N–H and O–H groups in total. The fourth-order valence-corrected chi connectivity index (χ4v) is 6.89. The number of ether oxygens (including phenoxy) is 1. The highest BCUT2D eigenvalue weighted by atomic mass is 32.1. The smallest absolute Gasteiger partial charge is 0.260 e. The number of likely N-dealkylation sites (tertiary alicyclic amines) is 1. The maximum atomic E-state index is 14.1. The van der Waals surface area contributed by atoms with Crippen molar-refractivity contribution in [3.8, 4) is 11.1 Å². The molecule has 0 saturated carbocycles. The van der Waals surface area contributed by atoms with Crippen LogP contribution in [0.4, 0.5) is 11.6 Å². The highest BCUT2D eigenvalue weighted by Gasteiger charge is 2.22. The molecule has 2 fully saturated rings. The van der Waals surface area contributed by atoms with Crippen LogP contribution in [0.1, 0.15) is 52.9 Å². The number of rotatable bonds is 7. The summed E-state index contributed by atoms with van der Waals surface area (Å²) in [7, 11) is 2.19. The maximum Gasteiger partial charge on any atom is 0.260 e. The molecule has 10 heteroatoms. The zero-order valence-electron chi connectivity index (χ0n) is 24.5. The summed E-state index contributed by atoms with van der Waals surface area (Å²) in [5, 5.41) is 6.88. The van der Waals surface area contributed by atoms with Crippen molar-refractivity contribution >= 4 is 34.0 Å². The van der Waals surface area contributed by atoms with Crippen molar-refractivity contribution < 1.29 is 4.74 Å². The molecule has 4 aromatic heterocycles. The van der Waals surface area contributed by atoms with E-state index >= 15 is 0 Å². The van der Waals surface area contributed by atoms with Crippen molar-refractivity contribution in [1.29, 1.82) is 0 Å². The topological polar surface area (TPSA) is 98.1 Å². The fourth-order valence-electron chi connectivity index (χ4n) is 6.28. The molecule has 7 rings (SSSR count). The van der Waals surface area contributed by atoms with E-state index in [1.165, 1.54) is 36.3 Å². The van der Waals surface area contributed by atoms with Gasteiger partial charge in [-0.3, -0.25) is 14.3 Å². The lowest BCUT2D eigenvalue weighted by molar-refractivity contribution is 0.193. The van der Waals surface area contributed by atoms with Gasteiger partial charge >= 0.3 is 0 Å². The number of nitrogens with zero attached hydrogens (tertiary/aromatic N) is 6. The molecule has 43 heavy (non-hydrogen) atoms. The van der Waals surface area contributed by atoms with Crippen LogP contribution in [-0.4, -0.2) is 62.8 Å². The first-order chi connectivity index (χ1) is 21.0. The van der Waals surface area contributed by atoms with E-state index in [4.69, 9.17) is 14.7 Å². The van der Waals surface area contributed by atoms with Crippen molar-refractivity contribution in [2.24, 2.45) is 0 Å². The molecule has 2 aliphatic rings. The molecule has 0 radical (unpaired) electrons. The van der Waals surface area contributed by atoms with Crippen molar-refractivity contribution in [2.75, 3.05) is 38.7 Å². The molecular weight excluding hydrogens is 558 g/mol. The Hall–Kier alpha value is -3.99. The van der Waals surface area contributed by atoms with Crippen molar-refractivity contribution in [2.45, 2.75) is 44.6 Å². The van der Waals surface area contributed by atoms with Crippen molar-refractivity contribution in [3.05, 3.63) is 92.6 Å². The number of hydrogen-bond acceptors (Lipinski definition) is 9. The van der Waals surface area contributed by atoms with Gasteiger partial charge in [0.1, 0.15) is 10.7 Å². The lowest BCUT2D eigenvalue weighted by Crippen LogP contribution is -2.30. The Labute approximate surface area is 254 Å². The second kappa shape index (κ2) is 11.9. The highest BCUT2D eigenvalue weighted by Crippen LogP contribution is 2.30. The van der Waals surface area contributed by atoms with Gasteiger partial charge in [0.2, 0.25) is 5.95 Å². The monoisotopic (exact) mass is 593 g/mol. The van der Waals surface area contributed by atoms with Gasteiger partial charge in [0.15, 0.2) is 0 Å². The van der Waals surface area contributed by atoms with Gasteiger partial charge in [-0.15, -0.1) is 11.3 Å². The minimum absolute atomic E-state index is 0.129. The van der Waals surface area contributed by atoms with Crippen molar-refractivity contribution in [3.63, 3.8) is 0 Å². The molecule has 9 nitrogen and oxygen atoms in total. The van der Waals surface area contributed by atoms with E-state index in [-0.39, 0.29) is 5.56 Å². The predicted molar refractivity (Wildman–Crippen MR) is 170 cm³/mol. The normalized spacial score (nSPS) is 19.2. The second-order valence-corrected chi connectivity index (χ2v) is 12.7. The van der Waals surface area contributed by atoms with Crippen LogP contribution in [0, 0.1) is 6.92 Å². The van der Waals surface area contributed by atoms with E-state index in [9.17, 15) is 4.79 Å². The molecule has 6 heterocycles. The Balaban J connectivity index is 1.23. The summed E-state index contributed by atoms with van der Waals surface area (Å²) in [4.78, 5) is 35.2. The Kier molecular flexibility index (Phi) is 7.73. The standard InChI is InChI=1S/C33H35N7O2S/c1-21-14-29(24-9-12-42-20-24)35-17-28(21)27-15-25-16-36-33(38-31(25)40(32(27)41)19-30-34-10-13-43-30)37-26-7-5-22(6-8-26)23-4-3-11-39(2)18-23/h5-8,10,13-17,23-24H,3-4,9,11-12,18-20H2,1-2H3,(H,36,37,38). The molecule has 0 bridgehead atoms. The number of thiazole rings is 1. The van der Waals surface area contributed by atoms with Gasteiger partial charge < -0.3 is 15.0 Å². The molecule has 2 atom stereocenters. The number of piperidine rings is 1. The third-order valence-electron chi connectivity index (χ3n) is 8.64. The number of benzene rings is 1. The number of hydrogen-bond donors (Lipinski definition) is 1. The third kappa shape index (κ3) is 5.82. The number of nitrogens with one attached hydrogen (secondary N) is 1. The van der Waals surface area contributed by atoms with Gasteiger partial charge in [0.25, 0.3) is 5.56 Å². The van der Waals surface area contributed by atoms with E-state index in [2.05, 4.69) is 57.6 Å². The van der Waals surface area contributed by atoms with Gasteiger partial charge in [0.05, 0.1) is 13.2 Å². The zero-order chi connectivity index (χ0) is 29.3. The highest BCUT2D eigenvalue weighted by molar-refractivity contribution is 7.09. The van der Waals surface area contributed by atoms with Crippen LogP contribution >= 0.6 is 11.3 Å². The summed E-state index contributed by atoms with van der Waals surface area (Å²) in [5.41, 5.74) is 6.12. The second-order valence-electron chi connectivity index (χ2n) is 11.7. The predicted octanol–water partition coefficient (Wildman–Crippen LogP) is 5.72. The van der Waals surface area contributed by atoms with E-state index < -0.39 is 0 Å². The van der Waals surface area contributed by atoms with Crippen LogP contribution in [0.3, 0.4) is 0 Å². The van der Waals surface area contributed by atoms with E-state index in [1.54, 1.807) is 17.0 Å². The first-order valence-electron chi connectivity index (χ1n) is 14.9. The molecule has 2 unspecified atom stereocenters. The van der Waals surface area contributed by atoms with Gasteiger partial charge in [-0.1, -0.05) is 12.1 Å². The van der Waals surface area contributed by atoms with Gasteiger partial charge in [-0.2, -0.15) is 4.98 Å². The zero-order valence-corrected chi connectivity index (χ0v) is 25.3. The summed E-state index contributed by atoms with van der Waals surface area (Å²) in [5.74, 6) is 1.31. The molecule has 220 valence electrons. The molecule has 0 spiro atoms. The average molecular weight is 594 g/mol. The molecule has 1 aromatic carbocycles. The van der Waals surface area contributed by atoms with Crippen LogP contribution in [0.25, 0.3) is 22.2 Å². The van der Waals surface area contributed by atoms with E-state index in [0.29, 0.717) is 42.1 Å². The lowest BCUT2D eigenvalue weighted by Gasteiger charge is -2.30. The fraction of sp³-hybridized carbons (Fsp3) is 0.364. The minimum atomic E-state index is -0.129.